The Balaban J connectivity index is 4.20. The molecule has 58 valence electrons. The number of halogens is 1. The van der Waals surface area contributed by atoms with Crippen LogP contribution in [0, 0.1) is 0 Å². The second-order valence-corrected chi connectivity index (χ2v) is 10.9. The first-order chi connectivity index (χ1) is 3.96. The second kappa shape index (κ2) is 2.69. The minimum absolute atomic E-state index is 0.319. The van der Waals surface area contributed by atoms with Crippen molar-refractivity contribution in [1.29, 1.82) is 0 Å². The van der Waals surface area contributed by atoms with Gasteiger partial charge in [0.25, 0.3) is 0 Å². The molecule has 0 fully saturated rings. The van der Waals surface area contributed by atoms with Gasteiger partial charge >= 0.3 is 58.2 Å². The third-order valence-corrected chi connectivity index (χ3v) is 4.52. The van der Waals surface area contributed by atoms with E-state index in [9.17, 15) is 0 Å². The molecule has 0 amide bonds. The first kappa shape index (κ1) is 9.60. The van der Waals surface area contributed by atoms with Gasteiger partial charge in [0.05, 0.1) is 0 Å². The van der Waals surface area contributed by atoms with Crippen molar-refractivity contribution in [3.8, 4) is 0 Å². The maximum absolute atomic E-state index is 8.65. The van der Waals surface area contributed by atoms with Gasteiger partial charge in [-0.05, 0) is 0 Å². The Morgan fingerprint density at radius 3 is 1.33 bits per heavy atom. The van der Waals surface area contributed by atoms with Crippen LogP contribution in [0.15, 0.2) is 0 Å². The summed E-state index contributed by atoms with van der Waals surface area (Å²) in [5.41, 5.74) is 0. The Morgan fingerprint density at radius 2 is 1.33 bits per heavy atom. The predicted molar refractivity (Wildman–Crippen MR) is 40.0 cm³/mol. The third kappa shape index (κ3) is 2.36. The normalized spacial score (nSPS) is 16.8. The summed E-state index contributed by atoms with van der Waals surface area (Å²) in [6.45, 7) is 1.52. The van der Waals surface area contributed by atoms with Gasteiger partial charge in [-0.15, -0.1) is 0 Å². The number of rotatable bonds is 3. The molecular formula is C4H12ClO3P. The molecule has 0 heterocycles. The zero-order chi connectivity index (χ0) is 7.57. The summed E-state index contributed by atoms with van der Waals surface area (Å²) in [5.74, 6) is -2.99. The van der Waals surface area contributed by atoms with Crippen molar-refractivity contribution in [1.82, 2.24) is 0 Å². The molecule has 0 aromatic heterocycles. The van der Waals surface area contributed by atoms with Crippen LogP contribution in [0.4, 0.5) is 0 Å². The molecule has 0 aromatic rings. The molecule has 0 saturated carbocycles. The molecule has 3 N–H and O–H groups in total. The average Bonchev–Trinajstić information content (AvgIpc) is 1.90. The van der Waals surface area contributed by atoms with Crippen LogP contribution >= 0.6 is 17.2 Å². The average molecular weight is 175 g/mol. The summed E-state index contributed by atoms with van der Waals surface area (Å²) in [4.78, 5) is 0. The van der Waals surface area contributed by atoms with Crippen molar-refractivity contribution >= 4 is 17.2 Å². The summed E-state index contributed by atoms with van der Waals surface area (Å²) in [6.07, 6.45) is -0.958. The van der Waals surface area contributed by atoms with Crippen LogP contribution in [-0.4, -0.2) is 41.0 Å². The molecular weight excluding hydrogens is 162 g/mol. The van der Waals surface area contributed by atoms with Crippen LogP contribution < -0.4 is 0 Å². The monoisotopic (exact) mass is 174 g/mol. The van der Waals surface area contributed by atoms with Gasteiger partial charge in [0, 0.05) is 0 Å². The first-order valence-electron chi connectivity index (χ1n) is 2.51. The van der Waals surface area contributed by atoms with E-state index in [4.69, 9.17) is 26.6 Å². The summed E-state index contributed by atoms with van der Waals surface area (Å²) in [5, 5.41) is 26.0. The molecule has 0 saturated heterocycles. The molecule has 0 atom stereocenters. The number of hydrogen-bond donors (Lipinski definition) is 3. The topological polar surface area (TPSA) is 60.7 Å². The van der Waals surface area contributed by atoms with Crippen LogP contribution in [0.2, 0.25) is 0 Å². The second-order valence-electron chi connectivity index (χ2n) is 2.57. The Morgan fingerprint density at radius 1 is 1.11 bits per heavy atom. The van der Waals surface area contributed by atoms with Gasteiger partial charge in [-0.2, -0.15) is 0 Å². The molecule has 5 heteroatoms. The quantitative estimate of drug-likeness (QED) is 0.535. The Hall–Kier alpha value is 0.600. The van der Waals surface area contributed by atoms with Crippen molar-refractivity contribution in [2.45, 2.75) is 0 Å². The van der Waals surface area contributed by atoms with Crippen molar-refractivity contribution in [2.75, 3.05) is 25.7 Å². The van der Waals surface area contributed by atoms with Gasteiger partial charge in [0.2, 0.25) is 0 Å². The number of aliphatic hydroxyl groups is 3. The van der Waals surface area contributed by atoms with Gasteiger partial charge in [0.15, 0.2) is 0 Å². The molecule has 0 bridgehead atoms. The third-order valence-electron chi connectivity index (χ3n) is 1.18. The number of aliphatic hydroxyl groups excluding tert-OH is 3. The number of hydrogen-bond acceptors (Lipinski definition) is 3. The van der Waals surface area contributed by atoms with Crippen LogP contribution in [0.5, 0.6) is 0 Å². The predicted octanol–water partition coefficient (Wildman–Crippen LogP) is 0.173. The van der Waals surface area contributed by atoms with Crippen molar-refractivity contribution < 1.29 is 15.3 Å². The fourth-order valence-electron chi connectivity index (χ4n) is 0.134. The molecule has 0 aliphatic carbocycles. The SMILES string of the molecule is CP(Cl)(CO)(CO)CO. The fourth-order valence-corrected chi connectivity index (χ4v) is 0.402. The van der Waals surface area contributed by atoms with E-state index in [1.54, 1.807) is 0 Å². The molecule has 0 rings (SSSR count). The molecule has 0 aliphatic heterocycles. The van der Waals surface area contributed by atoms with Gasteiger partial charge in [-0.25, -0.2) is 0 Å². The fraction of sp³-hybridized carbons (Fsp3) is 1.00. The molecule has 9 heavy (non-hydrogen) atoms. The molecule has 0 radical (unpaired) electrons. The molecule has 0 aliphatic rings. The summed E-state index contributed by atoms with van der Waals surface area (Å²) >= 11 is 5.73. The summed E-state index contributed by atoms with van der Waals surface area (Å²) < 4.78 is 0. The molecule has 3 nitrogen and oxygen atoms in total. The Bertz CT molecular complexity index is 87.0. The van der Waals surface area contributed by atoms with Crippen LogP contribution in [0.3, 0.4) is 0 Å². The molecule has 0 aromatic carbocycles. The van der Waals surface area contributed by atoms with Gasteiger partial charge in [-0.3, -0.25) is 0 Å². The van der Waals surface area contributed by atoms with Crippen LogP contribution in [-0.2, 0) is 0 Å². The Labute approximate surface area is 59.0 Å². The summed E-state index contributed by atoms with van der Waals surface area (Å²) in [7, 11) is 0. The Kier molecular flexibility index (Phi) is 2.86. The van der Waals surface area contributed by atoms with E-state index in [0.29, 0.717) is 0 Å². The van der Waals surface area contributed by atoms with E-state index < -0.39 is 5.96 Å². The van der Waals surface area contributed by atoms with Gasteiger partial charge < -0.3 is 0 Å². The van der Waals surface area contributed by atoms with E-state index in [1.807, 2.05) is 0 Å². The maximum atomic E-state index is 8.65. The zero-order valence-corrected chi connectivity index (χ0v) is 6.94. The van der Waals surface area contributed by atoms with Crippen LogP contribution in [0.1, 0.15) is 0 Å². The van der Waals surface area contributed by atoms with Gasteiger partial charge in [0.1, 0.15) is 0 Å². The minimum atomic E-state index is -2.99. The van der Waals surface area contributed by atoms with Crippen molar-refractivity contribution in [3.63, 3.8) is 0 Å². The summed E-state index contributed by atoms with van der Waals surface area (Å²) in [6, 6.07) is 0. The van der Waals surface area contributed by atoms with Crippen LogP contribution in [0.25, 0.3) is 0 Å². The zero-order valence-electron chi connectivity index (χ0n) is 5.29. The molecule has 0 spiro atoms. The van der Waals surface area contributed by atoms with E-state index >= 15 is 0 Å². The first-order valence-corrected chi connectivity index (χ1v) is 6.66. The molecule has 0 unspecified atom stereocenters. The van der Waals surface area contributed by atoms with E-state index in [-0.39, 0.29) is 19.0 Å². The van der Waals surface area contributed by atoms with E-state index in [1.165, 1.54) is 6.66 Å². The standard InChI is InChI=1S/C4H12ClO3P/c1-9(5,2-6,3-7)4-8/h6-8H,2-4H2,1H3. The van der Waals surface area contributed by atoms with E-state index in [2.05, 4.69) is 0 Å². The van der Waals surface area contributed by atoms with E-state index in [0.717, 1.165) is 0 Å². The van der Waals surface area contributed by atoms with Gasteiger partial charge in [-0.1, -0.05) is 0 Å². The van der Waals surface area contributed by atoms with Crippen molar-refractivity contribution in [3.05, 3.63) is 0 Å². The van der Waals surface area contributed by atoms with Crippen molar-refractivity contribution in [2.24, 2.45) is 0 Å².